The van der Waals surface area contributed by atoms with Gasteiger partial charge in [0.05, 0.1) is 11.6 Å². The number of likely N-dealkylation sites (N-methyl/N-ethyl adjacent to an activating group) is 1. The predicted octanol–water partition coefficient (Wildman–Crippen LogP) is 2.94. The molecule has 2 unspecified atom stereocenters. The Morgan fingerprint density at radius 1 is 1.26 bits per heavy atom. The summed E-state index contributed by atoms with van der Waals surface area (Å²) in [4.78, 5) is 2.41. The summed E-state index contributed by atoms with van der Waals surface area (Å²) in [6, 6.07) is 10.7. The first-order valence-corrected chi connectivity index (χ1v) is 7.09. The van der Waals surface area contributed by atoms with Gasteiger partial charge in [0.2, 0.25) is 0 Å². The molecule has 2 atom stereocenters. The minimum absolute atomic E-state index is 0.263. The van der Waals surface area contributed by atoms with Crippen LogP contribution in [0.3, 0.4) is 0 Å². The molecule has 0 heterocycles. The van der Waals surface area contributed by atoms with Crippen LogP contribution < -0.4 is 5.32 Å². The van der Waals surface area contributed by atoms with Crippen LogP contribution in [0.5, 0.6) is 0 Å². The van der Waals surface area contributed by atoms with E-state index in [1.807, 2.05) is 18.2 Å². The molecule has 0 saturated carbocycles. The number of hydrogen-bond donors (Lipinski definition) is 1. The van der Waals surface area contributed by atoms with Crippen molar-refractivity contribution < 1.29 is 0 Å². The second-order valence-electron chi connectivity index (χ2n) is 5.01. The molecule has 0 aromatic heterocycles. The van der Waals surface area contributed by atoms with Crippen molar-refractivity contribution in [2.45, 2.75) is 39.8 Å². The van der Waals surface area contributed by atoms with E-state index in [1.165, 1.54) is 5.56 Å². The molecule has 0 aliphatic heterocycles. The maximum atomic E-state index is 8.93. The maximum Gasteiger partial charge on any atom is 0.0991 e. The molecule has 0 spiro atoms. The Morgan fingerprint density at radius 3 is 2.53 bits per heavy atom. The predicted molar refractivity (Wildman–Crippen MR) is 80.0 cm³/mol. The zero-order valence-electron chi connectivity index (χ0n) is 12.5. The van der Waals surface area contributed by atoms with Crippen molar-refractivity contribution in [3.05, 3.63) is 35.4 Å². The first-order chi connectivity index (χ1) is 9.10. The quantitative estimate of drug-likeness (QED) is 0.818. The zero-order chi connectivity index (χ0) is 14.3. The molecular weight excluding hydrogens is 234 g/mol. The Morgan fingerprint density at radius 2 is 1.95 bits per heavy atom. The highest BCUT2D eigenvalue weighted by Gasteiger charge is 2.12. The van der Waals surface area contributed by atoms with Crippen LogP contribution in [0, 0.1) is 11.3 Å². The average Bonchev–Trinajstić information content (AvgIpc) is 2.44. The molecule has 3 nitrogen and oxygen atoms in total. The molecule has 1 rings (SSSR count). The molecule has 0 fully saturated rings. The van der Waals surface area contributed by atoms with Crippen molar-refractivity contribution >= 4 is 0 Å². The second-order valence-corrected chi connectivity index (χ2v) is 5.01. The highest BCUT2D eigenvalue weighted by atomic mass is 15.1. The van der Waals surface area contributed by atoms with Gasteiger partial charge in [0.15, 0.2) is 0 Å². The fraction of sp³-hybridized carbons (Fsp3) is 0.562. The standard InChI is InChI=1S/C16H25N3/c1-5-19(6-2)12-13(3)18-14(4)16-9-7-8-15(10-16)11-17/h7-10,13-14,18H,5-6,12H2,1-4H3. The number of nitrogens with one attached hydrogen (secondary N) is 1. The van der Waals surface area contributed by atoms with Gasteiger partial charge in [-0.05, 0) is 44.6 Å². The van der Waals surface area contributed by atoms with Gasteiger partial charge in [-0.3, -0.25) is 0 Å². The van der Waals surface area contributed by atoms with Gasteiger partial charge >= 0.3 is 0 Å². The topological polar surface area (TPSA) is 39.1 Å². The van der Waals surface area contributed by atoms with E-state index in [0.29, 0.717) is 6.04 Å². The SMILES string of the molecule is CCN(CC)CC(C)NC(C)c1cccc(C#N)c1. The number of rotatable bonds is 7. The Balaban J connectivity index is 2.58. The van der Waals surface area contributed by atoms with E-state index in [-0.39, 0.29) is 6.04 Å². The first-order valence-electron chi connectivity index (χ1n) is 7.09. The van der Waals surface area contributed by atoms with Crippen molar-refractivity contribution in [3.8, 4) is 6.07 Å². The molecule has 1 aromatic carbocycles. The Hall–Kier alpha value is -1.37. The molecule has 19 heavy (non-hydrogen) atoms. The summed E-state index contributed by atoms with van der Waals surface area (Å²) < 4.78 is 0. The monoisotopic (exact) mass is 259 g/mol. The third-order valence-electron chi connectivity index (χ3n) is 3.48. The summed E-state index contributed by atoms with van der Waals surface area (Å²) in [7, 11) is 0. The van der Waals surface area contributed by atoms with Crippen LogP contribution in [-0.4, -0.2) is 30.6 Å². The van der Waals surface area contributed by atoms with E-state index >= 15 is 0 Å². The molecule has 3 heteroatoms. The van der Waals surface area contributed by atoms with Gasteiger partial charge in [-0.1, -0.05) is 26.0 Å². The van der Waals surface area contributed by atoms with Crippen LogP contribution in [0.1, 0.15) is 44.9 Å². The van der Waals surface area contributed by atoms with Crippen LogP contribution in [0.2, 0.25) is 0 Å². The van der Waals surface area contributed by atoms with Crippen LogP contribution in [0.15, 0.2) is 24.3 Å². The smallest absolute Gasteiger partial charge is 0.0991 e. The number of hydrogen-bond acceptors (Lipinski definition) is 3. The lowest BCUT2D eigenvalue weighted by molar-refractivity contribution is 0.264. The summed E-state index contributed by atoms with van der Waals surface area (Å²) in [6.07, 6.45) is 0. The molecular formula is C16H25N3. The van der Waals surface area contributed by atoms with Gasteiger partial charge in [-0.25, -0.2) is 0 Å². The largest absolute Gasteiger partial charge is 0.306 e. The molecule has 0 saturated heterocycles. The summed E-state index contributed by atoms with van der Waals surface area (Å²) in [5, 5.41) is 12.5. The lowest BCUT2D eigenvalue weighted by Gasteiger charge is -2.26. The molecule has 0 aliphatic carbocycles. The third kappa shape index (κ3) is 5.02. The molecule has 104 valence electrons. The second kappa shape index (κ2) is 7.93. The zero-order valence-corrected chi connectivity index (χ0v) is 12.5. The summed E-state index contributed by atoms with van der Waals surface area (Å²) in [6.45, 7) is 12.0. The highest BCUT2D eigenvalue weighted by Crippen LogP contribution is 2.14. The number of nitrogens with zero attached hydrogens (tertiary/aromatic N) is 2. The lowest BCUT2D eigenvalue weighted by atomic mass is 10.0. The third-order valence-corrected chi connectivity index (χ3v) is 3.48. The Labute approximate surface area is 117 Å². The van der Waals surface area contributed by atoms with Gasteiger partial charge in [-0.15, -0.1) is 0 Å². The van der Waals surface area contributed by atoms with E-state index in [4.69, 9.17) is 5.26 Å². The summed E-state index contributed by atoms with van der Waals surface area (Å²) in [5.74, 6) is 0. The van der Waals surface area contributed by atoms with Crippen molar-refractivity contribution in [2.75, 3.05) is 19.6 Å². The average molecular weight is 259 g/mol. The molecule has 1 N–H and O–H groups in total. The van der Waals surface area contributed by atoms with E-state index < -0.39 is 0 Å². The minimum atomic E-state index is 0.263. The summed E-state index contributed by atoms with van der Waals surface area (Å²) in [5.41, 5.74) is 1.90. The first kappa shape index (κ1) is 15.7. The maximum absolute atomic E-state index is 8.93. The Bertz CT molecular complexity index is 418. The normalized spacial score (nSPS) is 14.1. The highest BCUT2D eigenvalue weighted by molar-refractivity contribution is 5.34. The summed E-state index contributed by atoms with van der Waals surface area (Å²) >= 11 is 0. The van der Waals surface area contributed by atoms with E-state index in [2.05, 4.69) is 50.0 Å². The van der Waals surface area contributed by atoms with Crippen molar-refractivity contribution in [1.82, 2.24) is 10.2 Å². The van der Waals surface area contributed by atoms with Crippen LogP contribution in [0.25, 0.3) is 0 Å². The van der Waals surface area contributed by atoms with E-state index in [0.717, 1.165) is 25.2 Å². The van der Waals surface area contributed by atoms with Gasteiger partial charge < -0.3 is 10.2 Å². The van der Waals surface area contributed by atoms with Crippen LogP contribution in [0.4, 0.5) is 0 Å². The fourth-order valence-corrected chi connectivity index (χ4v) is 2.32. The molecule has 0 radical (unpaired) electrons. The van der Waals surface area contributed by atoms with E-state index in [1.54, 1.807) is 0 Å². The van der Waals surface area contributed by atoms with Crippen molar-refractivity contribution in [3.63, 3.8) is 0 Å². The van der Waals surface area contributed by atoms with E-state index in [9.17, 15) is 0 Å². The molecule has 0 amide bonds. The van der Waals surface area contributed by atoms with Crippen molar-refractivity contribution in [1.29, 1.82) is 5.26 Å². The van der Waals surface area contributed by atoms with Gasteiger partial charge in [0, 0.05) is 18.6 Å². The number of nitriles is 1. The number of benzene rings is 1. The molecule has 0 bridgehead atoms. The van der Waals surface area contributed by atoms with Crippen molar-refractivity contribution in [2.24, 2.45) is 0 Å². The van der Waals surface area contributed by atoms with Crippen LogP contribution >= 0.6 is 0 Å². The molecule has 0 aliphatic rings. The Kier molecular flexibility index (Phi) is 6.55. The van der Waals surface area contributed by atoms with Crippen LogP contribution in [-0.2, 0) is 0 Å². The van der Waals surface area contributed by atoms with Gasteiger partial charge in [0.25, 0.3) is 0 Å². The minimum Gasteiger partial charge on any atom is -0.306 e. The lowest BCUT2D eigenvalue weighted by Crippen LogP contribution is -2.40. The fourth-order valence-electron chi connectivity index (χ4n) is 2.32. The van der Waals surface area contributed by atoms with Gasteiger partial charge in [0.1, 0.15) is 0 Å². The molecule has 1 aromatic rings. The van der Waals surface area contributed by atoms with Gasteiger partial charge in [-0.2, -0.15) is 5.26 Å².